The van der Waals surface area contributed by atoms with Crippen LogP contribution >= 0.6 is 0 Å². The van der Waals surface area contributed by atoms with Gasteiger partial charge in [-0.1, -0.05) is 79.9 Å². The van der Waals surface area contributed by atoms with Crippen LogP contribution in [0.2, 0.25) is 0 Å². The third-order valence-electron chi connectivity index (χ3n) is 6.17. The molecule has 164 valence electrons. The van der Waals surface area contributed by atoms with E-state index in [1.165, 1.54) is 19.3 Å². The Morgan fingerprint density at radius 1 is 0.968 bits per heavy atom. The second kappa shape index (κ2) is 11.1. The van der Waals surface area contributed by atoms with Gasteiger partial charge in [-0.2, -0.15) is 0 Å². The van der Waals surface area contributed by atoms with Crippen LogP contribution < -0.4 is 5.32 Å². The average Bonchev–Trinajstić information content (AvgIpc) is 2.79. The first-order chi connectivity index (χ1) is 15.0. The zero-order valence-electron chi connectivity index (χ0n) is 18.8. The van der Waals surface area contributed by atoms with Gasteiger partial charge < -0.3 is 9.80 Å². The highest BCUT2D eigenvalue weighted by Gasteiger charge is 2.30. The van der Waals surface area contributed by atoms with E-state index in [0.717, 1.165) is 24.0 Å². The fourth-order valence-electron chi connectivity index (χ4n) is 4.50. The van der Waals surface area contributed by atoms with Gasteiger partial charge >= 0.3 is 0 Å². The molecule has 1 atom stereocenters. The van der Waals surface area contributed by atoms with Crippen molar-refractivity contribution < 1.29 is 14.1 Å². The van der Waals surface area contributed by atoms with Crippen LogP contribution in [0.4, 0.5) is 0 Å². The van der Waals surface area contributed by atoms with Crippen molar-refractivity contribution in [3.05, 3.63) is 84.1 Å². The van der Waals surface area contributed by atoms with E-state index < -0.39 is 0 Å². The normalized spacial score (nSPS) is 16.2. The number of hydrogen-bond acceptors (Lipinski definition) is 2. The smallest absolute Gasteiger partial charge is 0.231 e. The molecule has 0 radical (unpaired) electrons. The number of nitrogens with one attached hydrogen (secondary N) is 1. The van der Waals surface area contributed by atoms with Crippen LogP contribution in [0.25, 0.3) is 0 Å². The van der Waals surface area contributed by atoms with Crippen LogP contribution in [0, 0.1) is 5.92 Å². The van der Waals surface area contributed by atoms with E-state index in [9.17, 15) is 9.59 Å². The molecule has 0 bridgehead atoms. The minimum absolute atomic E-state index is 0.0695. The van der Waals surface area contributed by atoms with Crippen LogP contribution in [-0.2, 0) is 4.79 Å². The molecule has 1 fully saturated rings. The summed E-state index contributed by atoms with van der Waals surface area (Å²) >= 11 is 0. The summed E-state index contributed by atoms with van der Waals surface area (Å²) in [6.45, 7) is 1.08. The lowest BCUT2D eigenvalue weighted by atomic mass is 9.76. The van der Waals surface area contributed by atoms with Crippen LogP contribution in [0.15, 0.2) is 72.9 Å². The topological polar surface area (TPSA) is 46.2 Å². The Kier molecular flexibility index (Phi) is 8.19. The Morgan fingerprint density at radius 3 is 2.23 bits per heavy atom. The van der Waals surface area contributed by atoms with E-state index in [2.05, 4.69) is 17.4 Å². The van der Waals surface area contributed by atoms with E-state index in [1.54, 1.807) is 6.20 Å². The van der Waals surface area contributed by atoms with Gasteiger partial charge in [0, 0.05) is 11.8 Å². The molecule has 1 aliphatic rings. The average molecular weight is 420 g/mol. The molecule has 0 heterocycles. The Morgan fingerprint density at radius 2 is 1.58 bits per heavy atom. The van der Waals surface area contributed by atoms with E-state index in [1.807, 2.05) is 68.7 Å². The van der Waals surface area contributed by atoms with E-state index >= 15 is 0 Å². The number of carbonyl (C=O) groups excluding carboxylic acids is 2. The number of carbonyl (C=O) groups is 2. The molecule has 4 nitrogen and oxygen atoms in total. The number of ketones is 1. The maximum Gasteiger partial charge on any atom is 0.231 e. The van der Waals surface area contributed by atoms with Crippen LogP contribution in [0.1, 0.15) is 53.9 Å². The molecule has 0 aliphatic heterocycles. The Hall–Kier alpha value is -2.72. The summed E-state index contributed by atoms with van der Waals surface area (Å²) in [5, 5.41) is 3.02. The van der Waals surface area contributed by atoms with Gasteiger partial charge in [0.05, 0.1) is 26.6 Å². The Labute approximate surface area is 186 Å². The highest BCUT2D eigenvalue weighted by atomic mass is 16.2. The van der Waals surface area contributed by atoms with Crippen molar-refractivity contribution in [3.8, 4) is 0 Å². The lowest BCUT2D eigenvalue weighted by Crippen LogP contribution is -2.44. The molecule has 1 unspecified atom stereocenters. The standard InChI is InChI=1S/C27H34N2O2/c1-29(2,21-25(30)22-13-6-3-7-14-22)20-12-19-28-27(31)26(23-15-8-4-9-16-23)24-17-10-5-11-18-24/h3-4,6-9,12-16,19,24,26H,5,10-11,17-18,20-21H2,1-2H3/p+1/b19-12+. The van der Waals surface area contributed by atoms with Gasteiger partial charge in [0.1, 0.15) is 6.54 Å². The lowest BCUT2D eigenvalue weighted by molar-refractivity contribution is -0.875. The first-order valence-corrected chi connectivity index (χ1v) is 11.4. The number of hydrogen-bond donors (Lipinski definition) is 1. The van der Waals surface area contributed by atoms with Gasteiger partial charge in [-0.05, 0) is 30.4 Å². The summed E-state index contributed by atoms with van der Waals surface area (Å²) < 4.78 is 0.533. The predicted molar refractivity (Wildman–Crippen MR) is 126 cm³/mol. The largest absolute Gasteiger partial charge is 0.332 e. The zero-order chi connectivity index (χ0) is 22.1. The minimum atomic E-state index is -0.103. The molecule has 1 saturated carbocycles. The summed E-state index contributed by atoms with van der Waals surface area (Å²) in [6, 6.07) is 19.6. The van der Waals surface area contributed by atoms with Gasteiger partial charge in [-0.25, -0.2) is 0 Å². The Bertz CT molecular complexity index is 869. The molecule has 2 aromatic rings. The molecule has 3 rings (SSSR count). The van der Waals surface area contributed by atoms with Crippen molar-refractivity contribution in [2.24, 2.45) is 5.92 Å². The van der Waals surface area contributed by atoms with Crippen molar-refractivity contribution in [1.82, 2.24) is 5.32 Å². The second-order valence-electron chi connectivity index (χ2n) is 9.26. The highest BCUT2D eigenvalue weighted by Crippen LogP contribution is 2.36. The van der Waals surface area contributed by atoms with Crippen molar-refractivity contribution in [2.75, 3.05) is 27.2 Å². The van der Waals surface area contributed by atoms with Crippen molar-refractivity contribution >= 4 is 11.7 Å². The molecule has 1 amide bonds. The third kappa shape index (κ3) is 6.90. The van der Waals surface area contributed by atoms with Crippen LogP contribution in [0.3, 0.4) is 0 Å². The first kappa shape index (κ1) is 23.0. The maximum atomic E-state index is 13.1. The van der Waals surface area contributed by atoms with E-state index in [4.69, 9.17) is 0 Å². The molecule has 2 aromatic carbocycles. The molecule has 0 spiro atoms. The monoisotopic (exact) mass is 419 g/mol. The van der Waals surface area contributed by atoms with Crippen molar-refractivity contribution in [1.29, 1.82) is 0 Å². The zero-order valence-corrected chi connectivity index (χ0v) is 18.8. The number of rotatable bonds is 9. The summed E-state index contributed by atoms with van der Waals surface area (Å²) in [6.07, 6.45) is 9.63. The number of Topliss-reactive ketones (excluding diaryl/α,β-unsaturated/α-hetero) is 1. The molecular formula is C27H35N2O2+. The van der Waals surface area contributed by atoms with E-state index in [0.29, 0.717) is 23.5 Å². The molecular weight excluding hydrogens is 384 g/mol. The first-order valence-electron chi connectivity index (χ1n) is 11.4. The molecule has 0 saturated heterocycles. The quantitative estimate of drug-likeness (QED) is 0.462. The summed E-state index contributed by atoms with van der Waals surface area (Å²) in [5.41, 5.74) is 1.84. The van der Waals surface area contributed by atoms with Gasteiger partial charge in [0.2, 0.25) is 11.7 Å². The summed E-state index contributed by atoms with van der Waals surface area (Å²) in [4.78, 5) is 25.6. The number of benzene rings is 2. The number of nitrogens with zero attached hydrogens (tertiary/aromatic N) is 1. The third-order valence-corrected chi connectivity index (χ3v) is 6.17. The molecule has 0 aromatic heterocycles. The SMILES string of the molecule is C[N+](C)(C/C=C/NC(=O)C(c1ccccc1)C1CCCCC1)CC(=O)c1ccccc1. The van der Waals surface area contributed by atoms with Gasteiger partial charge in [0.25, 0.3) is 0 Å². The van der Waals surface area contributed by atoms with Gasteiger partial charge in [-0.3, -0.25) is 9.59 Å². The van der Waals surface area contributed by atoms with E-state index in [-0.39, 0.29) is 17.6 Å². The fraction of sp³-hybridized carbons (Fsp3) is 0.407. The molecule has 1 aliphatic carbocycles. The summed E-state index contributed by atoms with van der Waals surface area (Å²) in [7, 11) is 4.06. The van der Waals surface area contributed by atoms with Crippen molar-refractivity contribution in [2.45, 2.75) is 38.0 Å². The minimum Gasteiger partial charge on any atom is -0.332 e. The Balaban J connectivity index is 1.57. The lowest BCUT2D eigenvalue weighted by Gasteiger charge is -2.29. The molecule has 31 heavy (non-hydrogen) atoms. The maximum absolute atomic E-state index is 13.1. The van der Waals surface area contributed by atoms with Crippen molar-refractivity contribution in [3.63, 3.8) is 0 Å². The van der Waals surface area contributed by atoms with Crippen LogP contribution in [-0.4, -0.2) is 43.4 Å². The predicted octanol–water partition coefficient (Wildman–Crippen LogP) is 4.94. The number of amides is 1. The second-order valence-corrected chi connectivity index (χ2v) is 9.26. The highest BCUT2D eigenvalue weighted by molar-refractivity contribution is 5.96. The summed E-state index contributed by atoms with van der Waals surface area (Å²) in [5.74, 6) is 0.498. The van der Waals surface area contributed by atoms with Gasteiger partial charge in [0.15, 0.2) is 0 Å². The van der Waals surface area contributed by atoms with Gasteiger partial charge in [-0.15, -0.1) is 0 Å². The van der Waals surface area contributed by atoms with Crippen LogP contribution in [0.5, 0.6) is 0 Å². The molecule has 1 N–H and O–H groups in total. The molecule has 4 heteroatoms. The number of quaternary nitrogens is 1. The fourth-order valence-corrected chi connectivity index (χ4v) is 4.50. The number of likely N-dealkylation sites (N-methyl/N-ethyl adjacent to an activating group) is 1.